The van der Waals surface area contributed by atoms with Gasteiger partial charge in [-0.1, -0.05) is 5.92 Å². The highest BCUT2D eigenvalue weighted by molar-refractivity contribution is 5.83. The van der Waals surface area contributed by atoms with Gasteiger partial charge in [0.15, 0.2) is 0 Å². The SMILES string of the molecule is C#Cc1ccc2nccc(C)c2c1. The molecule has 62 valence electrons. The van der Waals surface area contributed by atoms with Gasteiger partial charge in [0.05, 0.1) is 5.52 Å². The Bertz CT molecular complexity index is 492. The van der Waals surface area contributed by atoms with Gasteiger partial charge in [-0.25, -0.2) is 0 Å². The molecule has 0 aliphatic carbocycles. The van der Waals surface area contributed by atoms with Crippen molar-refractivity contribution in [1.82, 2.24) is 4.98 Å². The molecule has 0 N–H and O–H groups in total. The number of nitrogens with zero attached hydrogens (tertiary/aromatic N) is 1. The van der Waals surface area contributed by atoms with Gasteiger partial charge in [-0.05, 0) is 36.8 Å². The quantitative estimate of drug-likeness (QED) is 0.549. The Morgan fingerprint density at radius 2 is 2.15 bits per heavy atom. The summed E-state index contributed by atoms with van der Waals surface area (Å²) in [6.45, 7) is 2.06. The van der Waals surface area contributed by atoms with E-state index < -0.39 is 0 Å². The van der Waals surface area contributed by atoms with Crippen molar-refractivity contribution >= 4 is 10.9 Å². The van der Waals surface area contributed by atoms with Gasteiger partial charge in [-0.2, -0.15) is 0 Å². The molecule has 0 aliphatic heterocycles. The van der Waals surface area contributed by atoms with Crippen LogP contribution in [-0.2, 0) is 0 Å². The summed E-state index contributed by atoms with van der Waals surface area (Å²) in [4.78, 5) is 4.25. The van der Waals surface area contributed by atoms with Gasteiger partial charge >= 0.3 is 0 Å². The van der Waals surface area contributed by atoms with Gasteiger partial charge in [0.2, 0.25) is 0 Å². The summed E-state index contributed by atoms with van der Waals surface area (Å²) in [5.41, 5.74) is 3.12. The van der Waals surface area contributed by atoms with Crippen LogP contribution in [0.15, 0.2) is 30.5 Å². The number of benzene rings is 1. The van der Waals surface area contributed by atoms with Crippen molar-refractivity contribution in [3.05, 3.63) is 41.6 Å². The number of rotatable bonds is 0. The molecule has 0 fully saturated rings. The van der Waals surface area contributed by atoms with E-state index in [0.717, 1.165) is 16.5 Å². The van der Waals surface area contributed by atoms with Gasteiger partial charge in [-0.3, -0.25) is 4.98 Å². The first-order valence-corrected chi connectivity index (χ1v) is 4.13. The highest BCUT2D eigenvalue weighted by Gasteiger charge is 1.97. The number of hydrogen-bond acceptors (Lipinski definition) is 1. The van der Waals surface area contributed by atoms with Crippen LogP contribution in [0.2, 0.25) is 0 Å². The zero-order valence-electron chi connectivity index (χ0n) is 7.41. The molecule has 13 heavy (non-hydrogen) atoms. The standard InChI is InChI=1S/C12H9N/c1-3-10-4-5-12-11(8-10)9(2)6-7-13-12/h1,4-8H,2H3. The van der Waals surface area contributed by atoms with E-state index in [-0.39, 0.29) is 0 Å². The zero-order chi connectivity index (χ0) is 9.26. The number of aromatic nitrogens is 1. The molecule has 0 unspecified atom stereocenters. The number of fused-ring (bicyclic) bond motifs is 1. The van der Waals surface area contributed by atoms with Gasteiger partial charge in [0, 0.05) is 17.1 Å². The number of aryl methyl sites for hydroxylation is 1. The van der Waals surface area contributed by atoms with Gasteiger partial charge < -0.3 is 0 Å². The molecule has 1 aromatic carbocycles. The largest absolute Gasteiger partial charge is 0.256 e. The van der Waals surface area contributed by atoms with Gasteiger partial charge in [-0.15, -0.1) is 6.42 Å². The molecule has 0 saturated heterocycles. The monoisotopic (exact) mass is 167 g/mol. The maximum absolute atomic E-state index is 5.32. The zero-order valence-corrected chi connectivity index (χ0v) is 7.41. The Balaban J connectivity index is 2.84. The Morgan fingerprint density at radius 3 is 2.92 bits per heavy atom. The van der Waals surface area contributed by atoms with E-state index in [2.05, 4.69) is 17.8 Å². The number of terminal acetylenes is 1. The van der Waals surface area contributed by atoms with Crippen molar-refractivity contribution in [2.45, 2.75) is 6.92 Å². The molecule has 2 aromatic rings. The summed E-state index contributed by atoms with van der Waals surface area (Å²) in [6.07, 6.45) is 7.13. The van der Waals surface area contributed by atoms with E-state index in [4.69, 9.17) is 6.42 Å². The fraction of sp³-hybridized carbons (Fsp3) is 0.0833. The maximum Gasteiger partial charge on any atom is 0.0705 e. The van der Waals surface area contributed by atoms with Crippen molar-refractivity contribution < 1.29 is 0 Å². The van der Waals surface area contributed by atoms with Crippen molar-refractivity contribution in [3.8, 4) is 12.3 Å². The van der Waals surface area contributed by atoms with Gasteiger partial charge in [0.1, 0.15) is 0 Å². The number of hydrogen-bond donors (Lipinski definition) is 0. The molecule has 2 rings (SSSR count). The van der Waals surface area contributed by atoms with Crippen molar-refractivity contribution in [2.75, 3.05) is 0 Å². The Labute approximate surface area is 77.4 Å². The highest BCUT2D eigenvalue weighted by atomic mass is 14.6. The second-order valence-corrected chi connectivity index (χ2v) is 3.00. The first-order valence-electron chi connectivity index (χ1n) is 4.13. The molecule has 0 radical (unpaired) electrons. The predicted molar refractivity (Wildman–Crippen MR) is 54.4 cm³/mol. The van der Waals surface area contributed by atoms with E-state index in [9.17, 15) is 0 Å². The molecule has 1 heterocycles. The lowest BCUT2D eigenvalue weighted by molar-refractivity contribution is 1.37. The Morgan fingerprint density at radius 1 is 1.31 bits per heavy atom. The summed E-state index contributed by atoms with van der Waals surface area (Å²) >= 11 is 0. The van der Waals surface area contributed by atoms with Crippen LogP contribution >= 0.6 is 0 Å². The van der Waals surface area contributed by atoms with Crippen LogP contribution in [0.1, 0.15) is 11.1 Å². The topological polar surface area (TPSA) is 12.9 Å². The first-order chi connectivity index (χ1) is 6.31. The normalized spacial score (nSPS) is 9.85. The molecule has 0 bridgehead atoms. The lowest BCUT2D eigenvalue weighted by atomic mass is 10.1. The highest BCUT2D eigenvalue weighted by Crippen LogP contribution is 2.16. The summed E-state index contributed by atoms with van der Waals surface area (Å²) in [5.74, 6) is 2.62. The minimum absolute atomic E-state index is 0.906. The van der Waals surface area contributed by atoms with Crippen LogP contribution in [0.3, 0.4) is 0 Å². The molecule has 1 nitrogen and oxygen atoms in total. The van der Waals surface area contributed by atoms with Crippen LogP contribution in [0, 0.1) is 19.3 Å². The third-order valence-corrected chi connectivity index (χ3v) is 2.13. The smallest absolute Gasteiger partial charge is 0.0705 e. The molecule has 1 aromatic heterocycles. The fourth-order valence-electron chi connectivity index (χ4n) is 1.37. The molecule has 0 amide bonds. The van der Waals surface area contributed by atoms with Crippen LogP contribution in [-0.4, -0.2) is 4.98 Å². The Hall–Kier alpha value is -1.81. The molecule has 0 saturated carbocycles. The fourth-order valence-corrected chi connectivity index (χ4v) is 1.37. The lowest BCUT2D eigenvalue weighted by Gasteiger charge is -2.00. The van der Waals surface area contributed by atoms with E-state index in [1.54, 1.807) is 0 Å². The summed E-state index contributed by atoms with van der Waals surface area (Å²) < 4.78 is 0. The van der Waals surface area contributed by atoms with Gasteiger partial charge in [0.25, 0.3) is 0 Å². The lowest BCUT2D eigenvalue weighted by Crippen LogP contribution is -1.83. The molecule has 0 atom stereocenters. The predicted octanol–water partition coefficient (Wildman–Crippen LogP) is 2.52. The summed E-state index contributed by atoms with van der Waals surface area (Å²) in [5, 5.41) is 1.14. The second kappa shape index (κ2) is 2.91. The molecule has 0 spiro atoms. The Kier molecular flexibility index (Phi) is 1.75. The minimum Gasteiger partial charge on any atom is -0.256 e. The minimum atomic E-state index is 0.906. The summed E-state index contributed by atoms with van der Waals surface area (Å²) in [7, 11) is 0. The van der Waals surface area contributed by atoms with Crippen LogP contribution in [0.5, 0.6) is 0 Å². The van der Waals surface area contributed by atoms with Crippen LogP contribution < -0.4 is 0 Å². The molecular formula is C12H9N. The first kappa shape index (κ1) is 7.82. The van der Waals surface area contributed by atoms with Crippen molar-refractivity contribution in [1.29, 1.82) is 0 Å². The summed E-state index contributed by atoms with van der Waals surface area (Å²) in [6, 6.07) is 7.85. The van der Waals surface area contributed by atoms with Crippen molar-refractivity contribution in [3.63, 3.8) is 0 Å². The van der Waals surface area contributed by atoms with E-state index >= 15 is 0 Å². The van der Waals surface area contributed by atoms with Crippen LogP contribution in [0.25, 0.3) is 10.9 Å². The average Bonchev–Trinajstić information content (AvgIpc) is 2.18. The second-order valence-electron chi connectivity index (χ2n) is 3.00. The van der Waals surface area contributed by atoms with E-state index in [0.29, 0.717) is 0 Å². The third-order valence-electron chi connectivity index (χ3n) is 2.13. The van der Waals surface area contributed by atoms with E-state index in [1.807, 2.05) is 30.5 Å². The van der Waals surface area contributed by atoms with E-state index in [1.165, 1.54) is 5.56 Å². The average molecular weight is 167 g/mol. The third kappa shape index (κ3) is 1.27. The maximum atomic E-state index is 5.32. The molecule has 0 aliphatic rings. The van der Waals surface area contributed by atoms with Crippen LogP contribution in [0.4, 0.5) is 0 Å². The van der Waals surface area contributed by atoms with Crippen molar-refractivity contribution in [2.24, 2.45) is 0 Å². The molecule has 1 heteroatoms. The number of pyridine rings is 1. The molecular weight excluding hydrogens is 158 g/mol.